The van der Waals surface area contributed by atoms with Crippen molar-refractivity contribution in [3.05, 3.63) is 0 Å². The van der Waals surface area contributed by atoms with Crippen LogP contribution >= 0.6 is 0 Å². The molecule has 0 aliphatic heterocycles. The highest BCUT2D eigenvalue weighted by molar-refractivity contribution is 5.70. The van der Waals surface area contributed by atoms with Gasteiger partial charge in [-0.25, -0.2) is 0 Å². The van der Waals surface area contributed by atoms with E-state index in [2.05, 4.69) is 4.74 Å². The molecule has 0 rings (SSSR count). The maximum atomic E-state index is 10.9. The number of esters is 1. The molecule has 0 amide bonds. The van der Waals surface area contributed by atoms with Gasteiger partial charge in [0.1, 0.15) is 0 Å². The largest absolute Gasteiger partial charge is 0.849 e. The van der Waals surface area contributed by atoms with Crippen LogP contribution in [-0.2, 0) is 9.53 Å². The molecule has 0 bridgehead atoms. The topological polar surface area (TPSA) is 49.4 Å². The summed E-state index contributed by atoms with van der Waals surface area (Å²) < 4.78 is 4.58. The first-order chi connectivity index (χ1) is 4.45. The molecule has 0 radical (unpaired) electrons. The normalized spacial score (nSPS) is 11.2. The van der Waals surface area contributed by atoms with Crippen molar-refractivity contribution in [3.63, 3.8) is 0 Å². The second-order valence-corrected chi connectivity index (χ2v) is 2.74. The minimum absolute atomic E-state index is 0.0547. The lowest BCUT2D eigenvalue weighted by Crippen LogP contribution is -2.39. The number of rotatable bonds is 3. The average Bonchev–Trinajstić information content (AvgIpc) is 1.59. The molecule has 0 spiro atoms. The molecule has 0 saturated carbocycles. The second kappa shape index (κ2) is 3.56. The molecule has 60 valence electrons. The Labute approximate surface area is 61.0 Å². The molecule has 0 fully saturated rings. The van der Waals surface area contributed by atoms with Gasteiger partial charge >= 0.3 is 5.97 Å². The molecule has 3 nitrogen and oxygen atoms in total. The summed E-state index contributed by atoms with van der Waals surface area (Å²) >= 11 is 0. The highest BCUT2D eigenvalue weighted by atomic mass is 16.5. The first-order valence-electron chi connectivity index (χ1n) is 3.32. The van der Waals surface area contributed by atoms with Crippen molar-refractivity contribution in [2.75, 3.05) is 6.61 Å². The smallest absolute Gasteiger partial charge is 0.304 e. The zero-order valence-corrected chi connectivity index (χ0v) is 6.64. The summed E-state index contributed by atoms with van der Waals surface area (Å²) in [7, 11) is 0. The Bertz CT molecular complexity index is 113. The van der Waals surface area contributed by atoms with Gasteiger partial charge in [0.2, 0.25) is 0 Å². The number of carbonyl (C=O) groups excluding carboxylic acids is 1. The Hall–Kier alpha value is -0.570. The Balaban J connectivity index is 3.58. The van der Waals surface area contributed by atoms with Crippen molar-refractivity contribution in [1.29, 1.82) is 0 Å². The van der Waals surface area contributed by atoms with Crippen LogP contribution in [-0.4, -0.2) is 18.2 Å². The molecule has 10 heavy (non-hydrogen) atoms. The van der Waals surface area contributed by atoms with Crippen LogP contribution in [0.5, 0.6) is 0 Å². The van der Waals surface area contributed by atoms with E-state index in [0.29, 0.717) is 6.61 Å². The van der Waals surface area contributed by atoms with Gasteiger partial charge in [-0.15, -0.1) is 5.60 Å². The van der Waals surface area contributed by atoms with E-state index in [1.54, 1.807) is 6.92 Å². The molecule has 0 aromatic heterocycles. The van der Waals surface area contributed by atoms with E-state index in [9.17, 15) is 9.90 Å². The average molecular weight is 145 g/mol. The Morgan fingerprint density at radius 3 is 2.40 bits per heavy atom. The molecule has 0 aliphatic carbocycles. The van der Waals surface area contributed by atoms with E-state index < -0.39 is 11.6 Å². The Kier molecular flexibility index (Phi) is 3.36. The van der Waals surface area contributed by atoms with Gasteiger partial charge in [0, 0.05) is 6.42 Å². The second-order valence-electron chi connectivity index (χ2n) is 2.74. The van der Waals surface area contributed by atoms with Crippen molar-refractivity contribution in [1.82, 2.24) is 0 Å². The third-order valence-electron chi connectivity index (χ3n) is 0.875. The van der Waals surface area contributed by atoms with Crippen LogP contribution in [0.3, 0.4) is 0 Å². The summed E-state index contributed by atoms with van der Waals surface area (Å²) in [6.07, 6.45) is -0.0547. The summed E-state index contributed by atoms with van der Waals surface area (Å²) in [5, 5.41) is 10.9. The summed E-state index contributed by atoms with van der Waals surface area (Å²) in [6.45, 7) is 4.98. The predicted molar refractivity (Wildman–Crippen MR) is 35.3 cm³/mol. The van der Waals surface area contributed by atoms with Crippen LogP contribution in [0, 0.1) is 0 Å². The minimum atomic E-state index is -1.20. The van der Waals surface area contributed by atoms with Crippen LogP contribution in [0.25, 0.3) is 0 Å². The molecule has 3 heteroatoms. The zero-order chi connectivity index (χ0) is 8.20. The van der Waals surface area contributed by atoms with E-state index in [1.165, 1.54) is 13.8 Å². The fraction of sp³-hybridized carbons (Fsp3) is 0.857. The molecule has 0 heterocycles. The lowest BCUT2D eigenvalue weighted by atomic mass is 10.1. The van der Waals surface area contributed by atoms with Gasteiger partial charge in [-0.1, -0.05) is 13.8 Å². The van der Waals surface area contributed by atoms with Crippen LogP contribution in [0.4, 0.5) is 0 Å². The maximum Gasteiger partial charge on any atom is 0.304 e. The van der Waals surface area contributed by atoms with Crippen molar-refractivity contribution < 1.29 is 14.6 Å². The first kappa shape index (κ1) is 9.43. The fourth-order valence-corrected chi connectivity index (χ4v) is 0.560. The summed E-state index contributed by atoms with van der Waals surface area (Å²) in [5.74, 6) is -0.414. The van der Waals surface area contributed by atoms with Gasteiger partial charge in [-0.2, -0.15) is 0 Å². The third-order valence-corrected chi connectivity index (χ3v) is 0.875. The summed E-state index contributed by atoms with van der Waals surface area (Å²) in [4.78, 5) is 10.6. The summed E-state index contributed by atoms with van der Waals surface area (Å²) in [5.41, 5.74) is -1.20. The molecule has 0 aliphatic rings. The fourth-order valence-electron chi connectivity index (χ4n) is 0.560. The minimum Gasteiger partial charge on any atom is -0.849 e. The molecule has 0 aromatic rings. The molecular formula is C7H13O3-. The Morgan fingerprint density at radius 2 is 2.10 bits per heavy atom. The molecule has 0 unspecified atom stereocenters. The van der Waals surface area contributed by atoms with Crippen LogP contribution in [0.2, 0.25) is 0 Å². The van der Waals surface area contributed by atoms with Gasteiger partial charge in [0.25, 0.3) is 0 Å². The van der Waals surface area contributed by atoms with E-state index in [4.69, 9.17) is 0 Å². The predicted octanol–water partition coefficient (Wildman–Crippen LogP) is 0.0785. The SMILES string of the molecule is CCOC(=O)CC(C)(C)[O-]. The number of carbonyl (C=O) groups is 1. The van der Waals surface area contributed by atoms with E-state index in [0.717, 1.165) is 0 Å². The lowest BCUT2D eigenvalue weighted by molar-refractivity contribution is -0.464. The zero-order valence-electron chi connectivity index (χ0n) is 6.64. The number of ether oxygens (including phenoxy) is 1. The first-order valence-corrected chi connectivity index (χ1v) is 3.32. The quantitative estimate of drug-likeness (QED) is 0.528. The van der Waals surface area contributed by atoms with Crippen LogP contribution < -0.4 is 5.11 Å². The van der Waals surface area contributed by atoms with Gasteiger partial charge < -0.3 is 9.84 Å². The molecule has 0 saturated heterocycles. The van der Waals surface area contributed by atoms with E-state index in [-0.39, 0.29) is 6.42 Å². The molecular weight excluding hydrogens is 132 g/mol. The summed E-state index contributed by atoms with van der Waals surface area (Å²) in [6, 6.07) is 0. The van der Waals surface area contributed by atoms with Gasteiger partial charge in [-0.05, 0) is 6.92 Å². The van der Waals surface area contributed by atoms with Crippen molar-refractivity contribution in [3.8, 4) is 0 Å². The van der Waals surface area contributed by atoms with E-state index in [1.807, 2.05) is 0 Å². The van der Waals surface area contributed by atoms with Crippen LogP contribution in [0.1, 0.15) is 27.2 Å². The number of hydrogen-bond acceptors (Lipinski definition) is 3. The number of hydrogen-bond donors (Lipinski definition) is 0. The third kappa shape index (κ3) is 5.56. The standard InChI is InChI=1S/C7H13O3/c1-4-10-6(8)5-7(2,3)9/h4-5H2,1-3H3/q-1. The molecule has 0 N–H and O–H groups in total. The monoisotopic (exact) mass is 145 g/mol. The highest BCUT2D eigenvalue weighted by Crippen LogP contribution is 2.03. The molecule has 0 atom stereocenters. The maximum absolute atomic E-state index is 10.9. The lowest BCUT2D eigenvalue weighted by Gasteiger charge is -2.29. The van der Waals surface area contributed by atoms with E-state index >= 15 is 0 Å². The van der Waals surface area contributed by atoms with Gasteiger partial charge in [0.05, 0.1) is 6.61 Å². The Morgan fingerprint density at radius 1 is 1.60 bits per heavy atom. The van der Waals surface area contributed by atoms with Crippen molar-refractivity contribution in [2.45, 2.75) is 32.8 Å². The van der Waals surface area contributed by atoms with Crippen molar-refractivity contribution in [2.24, 2.45) is 0 Å². The van der Waals surface area contributed by atoms with Crippen LogP contribution in [0.15, 0.2) is 0 Å². The van der Waals surface area contributed by atoms with Crippen molar-refractivity contribution >= 4 is 5.97 Å². The van der Waals surface area contributed by atoms with Gasteiger partial charge in [-0.3, -0.25) is 4.79 Å². The highest BCUT2D eigenvalue weighted by Gasteiger charge is 2.09. The molecule has 0 aromatic carbocycles. The van der Waals surface area contributed by atoms with Gasteiger partial charge in [0.15, 0.2) is 0 Å².